The molecule has 0 amide bonds. The Morgan fingerprint density at radius 3 is 2.00 bits per heavy atom. The van der Waals surface area contributed by atoms with Gasteiger partial charge in [-0.1, -0.05) is 12.2 Å². The van der Waals surface area contributed by atoms with E-state index in [1.165, 1.54) is 17.1 Å². The van der Waals surface area contributed by atoms with Crippen molar-refractivity contribution in [1.82, 2.24) is 0 Å². The van der Waals surface area contributed by atoms with Gasteiger partial charge in [-0.25, -0.2) is 0 Å². The Morgan fingerprint density at radius 1 is 1.10 bits per heavy atom. The molecule has 1 aliphatic carbocycles. The van der Waals surface area contributed by atoms with Gasteiger partial charge in [0.1, 0.15) is 0 Å². The molecule has 0 radical (unpaired) electrons. The van der Waals surface area contributed by atoms with E-state index in [4.69, 9.17) is 5.11 Å². The average molecular weight is 351 g/mol. The summed E-state index contributed by atoms with van der Waals surface area (Å²) in [6, 6.07) is 11.3. The van der Waals surface area contributed by atoms with E-state index < -0.39 is 0 Å². The molecule has 0 saturated heterocycles. The van der Waals surface area contributed by atoms with E-state index in [-0.39, 0.29) is 46.5 Å². The van der Waals surface area contributed by atoms with E-state index >= 15 is 0 Å². The summed E-state index contributed by atoms with van der Waals surface area (Å²) >= 11 is 0. The molecular formula is C16H24Cl2OTi. The van der Waals surface area contributed by atoms with Crippen LogP contribution in [0.15, 0.2) is 42.5 Å². The average Bonchev–Trinajstić information content (AvgIpc) is 2.86. The van der Waals surface area contributed by atoms with Crippen molar-refractivity contribution in [3.63, 3.8) is 0 Å². The number of hydrogen-bond acceptors (Lipinski definition) is 1. The first-order valence-electron chi connectivity index (χ1n) is 5.74. The number of rotatable bonds is 1. The molecule has 0 aliphatic heterocycles. The van der Waals surface area contributed by atoms with Crippen molar-refractivity contribution in [3.05, 3.63) is 60.0 Å². The predicted molar refractivity (Wildman–Crippen MR) is 89.9 cm³/mol. The van der Waals surface area contributed by atoms with Crippen LogP contribution in [-0.4, -0.2) is 12.2 Å². The molecule has 2 rings (SSSR count). The van der Waals surface area contributed by atoms with Crippen LogP contribution in [0, 0.1) is 12.0 Å². The molecule has 1 aromatic rings. The molecule has 4 heteroatoms. The Hall–Kier alpha value is -0.0457. The Kier molecular flexibility index (Phi) is 26.7. The van der Waals surface area contributed by atoms with Gasteiger partial charge >= 0.3 is 21.7 Å². The number of allylic oxidation sites excluding steroid dienone is 4. The molecule has 112 valence electrons. The molecule has 0 heterocycles. The van der Waals surface area contributed by atoms with Crippen molar-refractivity contribution in [3.8, 4) is 0 Å². The van der Waals surface area contributed by atoms with E-state index in [1.54, 1.807) is 0 Å². The van der Waals surface area contributed by atoms with Crippen molar-refractivity contribution in [2.45, 2.75) is 27.2 Å². The summed E-state index contributed by atoms with van der Waals surface area (Å²) in [6.45, 7) is 6.25. The summed E-state index contributed by atoms with van der Waals surface area (Å²) in [5.41, 5.74) is 2.59. The van der Waals surface area contributed by atoms with Crippen molar-refractivity contribution >= 4 is 30.4 Å². The van der Waals surface area contributed by atoms with Crippen LogP contribution in [0.25, 0.3) is 5.57 Å². The number of halogens is 2. The van der Waals surface area contributed by atoms with Gasteiger partial charge < -0.3 is 11.0 Å². The zero-order chi connectivity index (χ0) is 13.1. The minimum absolute atomic E-state index is 0. The molecule has 0 aromatic heterocycles. The first-order valence-corrected chi connectivity index (χ1v) is 5.74. The van der Waals surface area contributed by atoms with E-state index in [0.717, 1.165) is 13.5 Å². The largest absolute Gasteiger partial charge is 2.00 e. The molecule has 1 aliphatic rings. The van der Waals surface area contributed by atoms with Gasteiger partial charge in [-0.05, 0) is 6.42 Å². The second kappa shape index (κ2) is 19.0. The van der Waals surface area contributed by atoms with Crippen molar-refractivity contribution < 1.29 is 26.8 Å². The molecule has 0 unspecified atom stereocenters. The SMILES string of the molecule is CO.C[C-](C)C.Cl.Cl.[Ti+2].[c-]1ccccc1C1=CC=CC1. The maximum Gasteiger partial charge on any atom is 2.00 e. The molecule has 0 bridgehead atoms. The Labute approximate surface area is 151 Å². The van der Waals surface area contributed by atoms with Gasteiger partial charge in [0.25, 0.3) is 0 Å². The fraction of sp³-hybridized carbons (Fsp3) is 0.312. The molecule has 1 N–H and O–H groups in total. The van der Waals surface area contributed by atoms with Gasteiger partial charge in [-0.2, -0.15) is 20.8 Å². The third-order valence-corrected chi connectivity index (χ3v) is 1.83. The van der Waals surface area contributed by atoms with Crippen molar-refractivity contribution in [2.75, 3.05) is 7.11 Å². The molecule has 0 fully saturated rings. The summed E-state index contributed by atoms with van der Waals surface area (Å²) in [6.07, 6.45) is 7.46. The van der Waals surface area contributed by atoms with Gasteiger partial charge in [0, 0.05) is 7.11 Å². The fourth-order valence-corrected chi connectivity index (χ4v) is 1.24. The first kappa shape index (κ1) is 28.2. The Balaban J connectivity index is -0.000000126. The standard InChI is InChI=1S/C11H9.C4H9.CH4O.2ClH.Ti/c1-2-6-10(7-3-1)11-8-4-5-9-11;1-4(2)3;1-2;;;/h1-6,8H,9H2;1-3H3;2H,1H3;2*1H;/q2*-1;;;;+2. The van der Waals surface area contributed by atoms with Crippen LogP contribution in [-0.2, 0) is 21.7 Å². The second-order valence-corrected chi connectivity index (χ2v) is 4.10. The summed E-state index contributed by atoms with van der Waals surface area (Å²) in [4.78, 5) is 0. The van der Waals surface area contributed by atoms with Crippen LogP contribution >= 0.6 is 24.8 Å². The maximum absolute atomic E-state index is 7.00. The van der Waals surface area contributed by atoms with Crippen LogP contribution in [0.2, 0.25) is 0 Å². The van der Waals surface area contributed by atoms with Gasteiger partial charge in [-0.15, -0.1) is 72.4 Å². The van der Waals surface area contributed by atoms with E-state index in [0.29, 0.717) is 0 Å². The molecular weight excluding hydrogens is 327 g/mol. The second-order valence-electron chi connectivity index (χ2n) is 4.10. The fourth-order valence-electron chi connectivity index (χ4n) is 1.24. The minimum Gasteiger partial charge on any atom is -0.400 e. The van der Waals surface area contributed by atoms with Crippen LogP contribution in [0.4, 0.5) is 0 Å². The third kappa shape index (κ3) is 14.4. The third-order valence-electron chi connectivity index (χ3n) is 1.83. The molecule has 0 spiro atoms. The summed E-state index contributed by atoms with van der Waals surface area (Å²) in [5.74, 6) is 1.42. The zero-order valence-corrected chi connectivity index (χ0v) is 15.7. The van der Waals surface area contributed by atoms with E-state index in [1.807, 2.05) is 18.2 Å². The molecule has 20 heavy (non-hydrogen) atoms. The molecule has 1 aromatic carbocycles. The van der Waals surface area contributed by atoms with Gasteiger partial charge in [0.2, 0.25) is 0 Å². The van der Waals surface area contributed by atoms with Gasteiger partial charge in [0.15, 0.2) is 0 Å². The van der Waals surface area contributed by atoms with Crippen LogP contribution in [0.5, 0.6) is 0 Å². The Morgan fingerprint density at radius 2 is 1.65 bits per heavy atom. The number of hydrogen-bond donors (Lipinski definition) is 1. The quantitative estimate of drug-likeness (QED) is 0.564. The minimum atomic E-state index is 0. The summed E-state index contributed by atoms with van der Waals surface area (Å²) in [5, 5.41) is 7.00. The predicted octanol–water partition coefficient (Wildman–Crippen LogP) is 4.90. The Bertz CT molecular complexity index is 346. The van der Waals surface area contributed by atoms with Gasteiger partial charge in [0.05, 0.1) is 0 Å². The molecule has 1 nitrogen and oxygen atoms in total. The maximum atomic E-state index is 7.00. The van der Waals surface area contributed by atoms with Gasteiger partial charge in [-0.3, -0.25) is 0 Å². The van der Waals surface area contributed by atoms with Crippen LogP contribution in [0.3, 0.4) is 0 Å². The smallest absolute Gasteiger partial charge is 0.400 e. The monoisotopic (exact) mass is 350 g/mol. The van der Waals surface area contributed by atoms with Crippen LogP contribution < -0.4 is 0 Å². The number of aliphatic hydroxyl groups excluding tert-OH is 1. The first-order chi connectivity index (χ1) is 8.20. The van der Waals surface area contributed by atoms with E-state index in [2.05, 4.69) is 51.1 Å². The van der Waals surface area contributed by atoms with E-state index in [9.17, 15) is 0 Å². The molecule has 0 saturated carbocycles. The number of benzene rings is 1. The topological polar surface area (TPSA) is 20.2 Å². The number of aliphatic hydroxyl groups is 1. The molecule has 0 atom stereocenters. The summed E-state index contributed by atoms with van der Waals surface area (Å²) in [7, 11) is 1.00. The summed E-state index contributed by atoms with van der Waals surface area (Å²) < 4.78 is 0. The van der Waals surface area contributed by atoms with Crippen LogP contribution in [0.1, 0.15) is 32.8 Å². The van der Waals surface area contributed by atoms with Crippen molar-refractivity contribution in [1.29, 1.82) is 0 Å². The normalized spacial score (nSPS) is 10.4. The zero-order valence-electron chi connectivity index (χ0n) is 12.5. The van der Waals surface area contributed by atoms with Crippen molar-refractivity contribution in [2.24, 2.45) is 0 Å².